The molecule has 2 aromatic rings. The van der Waals surface area contributed by atoms with Gasteiger partial charge in [0.2, 0.25) is 5.91 Å². The monoisotopic (exact) mass is 437 g/mol. The van der Waals surface area contributed by atoms with Crippen LogP contribution in [0.25, 0.3) is 0 Å². The molecular formula is C18H20BrN3O3S. The lowest BCUT2D eigenvalue weighted by atomic mass is 10.2. The molecule has 0 aliphatic carbocycles. The third kappa shape index (κ3) is 4.63. The van der Waals surface area contributed by atoms with Crippen molar-refractivity contribution >= 4 is 50.5 Å². The van der Waals surface area contributed by atoms with Crippen molar-refractivity contribution in [1.82, 2.24) is 5.32 Å². The van der Waals surface area contributed by atoms with Crippen molar-refractivity contribution in [2.24, 2.45) is 0 Å². The van der Waals surface area contributed by atoms with E-state index in [1.165, 1.54) is 11.3 Å². The number of morpholine rings is 1. The van der Waals surface area contributed by atoms with E-state index in [1.54, 1.807) is 13.0 Å². The van der Waals surface area contributed by atoms with Gasteiger partial charge >= 0.3 is 0 Å². The second-order valence-corrected chi connectivity index (χ2v) is 8.37. The first-order chi connectivity index (χ1) is 12.5. The van der Waals surface area contributed by atoms with E-state index in [0.717, 1.165) is 28.3 Å². The average Bonchev–Trinajstić information content (AvgIpc) is 3.09. The number of halogens is 1. The van der Waals surface area contributed by atoms with Crippen LogP contribution in [0.1, 0.15) is 16.6 Å². The third-order valence-electron chi connectivity index (χ3n) is 4.05. The van der Waals surface area contributed by atoms with Crippen molar-refractivity contribution in [1.29, 1.82) is 0 Å². The molecule has 0 radical (unpaired) electrons. The van der Waals surface area contributed by atoms with Gasteiger partial charge in [0.05, 0.1) is 33.3 Å². The number of nitrogens with one attached hydrogen (secondary N) is 2. The minimum Gasteiger partial charge on any atom is -0.378 e. The smallest absolute Gasteiger partial charge is 0.262 e. The first kappa shape index (κ1) is 18.9. The molecule has 2 N–H and O–H groups in total. The summed E-state index contributed by atoms with van der Waals surface area (Å²) in [7, 11) is 0. The topological polar surface area (TPSA) is 70.7 Å². The highest BCUT2D eigenvalue weighted by atomic mass is 79.9. The van der Waals surface area contributed by atoms with Crippen LogP contribution in [0.3, 0.4) is 0 Å². The largest absolute Gasteiger partial charge is 0.378 e. The van der Waals surface area contributed by atoms with Crippen LogP contribution in [-0.4, -0.2) is 44.2 Å². The molecule has 1 aliphatic heterocycles. The molecule has 1 atom stereocenters. The minimum atomic E-state index is -0.652. The molecule has 2 amide bonds. The summed E-state index contributed by atoms with van der Waals surface area (Å²) < 4.78 is 6.26. The van der Waals surface area contributed by atoms with Gasteiger partial charge in [-0.1, -0.05) is 12.1 Å². The van der Waals surface area contributed by atoms with Crippen LogP contribution in [0.5, 0.6) is 0 Å². The van der Waals surface area contributed by atoms with Gasteiger partial charge in [0, 0.05) is 13.1 Å². The van der Waals surface area contributed by atoms with Crippen molar-refractivity contribution in [3.8, 4) is 0 Å². The van der Waals surface area contributed by atoms with Crippen LogP contribution in [0.2, 0.25) is 0 Å². The molecule has 1 fully saturated rings. The predicted octanol–water partition coefficient (Wildman–Crippen LogP) is 3.10. The van der Waals surface area contributed by atoms with Gasteiger partial charge in [-0.25, -0.2) is 0 Å². The first-order valence-corrected chi connectivity index (χ1v) is 9.94. The second kappa shape index (κ2) is 8.66. The van der Waals surface area contributed by atoms with Gasteiger partial charge in [-0.2, -0.15) is 0 Å². The molecule has 8 heteroatoms. The van der Waals surface area contributed by atoms with Crippen LogP contribution in [-0.2, 0) is 9.53 Å². The van der Waals surface area contributed by atoms with Crippen LogP contribution < -0.4 is 15.5 Å². The number of carbonyl (C=O) groups excluding carboxylic acids is 2. The van der Waals surface area contributed by atoms with Crippen LogP contribution >= 0.6 is 27.3 Å². The molecule has 3 rings (SSSR count). The maximum atomic E-state index is 12.5. The Labute approximate surface area is 164 Å². The zero-order valence-corrected chi connectivity index (χ0v) is 16.7. The van der Waals surface area contributed by atoms with Gasteiger partial charge < -0.3 is 20.3 Å². The summed E-state index contributed by atoms with van der Waals surface area (Å²) >= 11 is 4.66. The highest BCUT2D eigenvalue weighted by molar-refractivity contribution is 9.11. The molecule has 1 unspecified atom stereocenters. The molecular weight excluding hydrogens is 418 g/mol. The number of ether oxygens (including phenoxy) is 1. The number of nitrogens with zero attached hydrogens (tertiary/aromatic N) is 1. The average molecular weight is 438 g/mol. The molecule has 1 saturated heterocycles. The van der Waals surface area contributed by atoms with Crippen molar-refractivity contribution in [2.45, 2.75) is 13.0 Å². The van der Waals surface area contributed by atoms with E-state index >= 15 is 0 Å². The van der Waals surface area contributed by atoms with Gasteiger partial charge in [-0.3, -0.25) is 9.59 Å². The number of hydrogen-bond donors (Lipinski definition) is 2. The standard InChI is InChI=1S/C18H20BrN3O3S/c1-12(20-18(24)15-6-7-16(19)26-15)17(23)21-13-4-2-3-5-14(13)22-8-10-25-11-9-22/h2-7,12H,8-11H2,1H3,(H,20,24)(H,21,23). The van der Waals surface area contributed by atoms with Crippen molar-refractivity contribution in [3.63, 3.8) is 0 Å². The Morgan fingerprint density at radius 1 is 1.19 bits per heavy atom. The van der Waals surface area contributed by atoms with E-state index in [9.17, 15) is 9.59 Å². The summed E-state index contributed by atoms with van der Waals surface area (Å²) in [5.74, 6) is -0.514. The summed E-state index contributed by atoms with van der Waals surface area (Å²) in [6.45, 7) is 4.59. The molecule has 1 aromatic heterocycles. The van der Waals surface area contributed by atoms with Gasteiger partial charge in [-0.05, 0) is 47.1 Å². The Hall–Kier alpha value is -1.90. The molecule has 0 bridgehead atoms. The van der Waals surface area contributed by atoms with Crippen molar-refractivity contribution < 1.29 is 14.3 Å². The number of rotatable bonds is 5. The number of anilines is 2. The van der Waals surface area contributed by atoms with Crippen LogP contribution in [0.15, 0.2) is 40.2 Å². The molecule has 0 saturated carbocycles. The van der Waals surface area contributed by atoms with Gasteiger partial charge in [0.1, 0.15) is 6.04 Å². The lowest BCUT2D eigenvalue weighted by Crippen LogP contribution is -2.42. The Morgan fingerprint density at radius 3 is 2.62 bits per heavy atom. The highest BCUT2D eigenvalue weighted by Crippen LogP contribution is 2.26. The summed E-state index contributed by atoms with van der Waals surface area (Å²) in [5.41, 5.74) is 1.70. The Bertz CT molecular complexity index is 789. The van der Waals surface area contributed by atoms with Crippen LogP contribution in [0, 0.1) is 0 Å². The molecule has 138 valence electrons. The molecule has 1 aliphatic rings. The molecule has 26 heavy (non-hydrogen) atoms. The van der Waals surface area contributed by atoms with Crippen molar-refractivity contribution in [2.75, 3.05) is 36.5 Å². The first-order valence-electron chi connectivity index (χ1n) is 8.33. The number of carbonyl (C=O) groups is 2. The highest BCUT2D eigenvalue weighted by Gasteiger charge is 2.20. The Morgan fingerprint density at radius 2 is 1.92 bits per heavy atom. The van der Waals surface area contributed by atoms with Gasteiger partial charge in [0.25, 0.3) is 5.91 Å². The number of para-hydroxylation sites is 2. The summed E-state index contributed by atoms with van der Waals surface area (Å²) in [6.07, 6.45) is 0. The SMILES string of the molecule is CC(NC(=O)c1ccc(Br)s1)C(=O)Nc1ccccc1N1CCOCC1. The lowest BCUT2D eigenvalue weighted by molar-refractivity contribution is -0.117. The van der Waals surface area contributed by atoms with Crippen molar-refractivity contribution in [3.05, 3.63) is 45.1 Å². The molecule has 0 spiro atoms. The lowest BCUT2D eigenvalue weighted by Gasteiger charge is -2.30. The second-order valence-electron chi connectivity index (χ2n) is 5.90. The fourth-order valence-corrected chi connectivity index (χ4v) is 3.96. The summed E-state index contributed by atoms with van der Waals surface area (Å²) in [5, 5.41) is 5.66. The van der Waals surface area contributed by atoms with E-state index < -0.39 is 6.04 Å². The maximum absolute atomic E-state index is 12.5. The number of thiophene rings is 1. The minimum absolute atomic E-state index is 0.255. The number of benzene rings is 1. The zero-order valence-electron chi connectivity index (χ0n) is 14.3. The van der Waals surface area contributed by atoms with E-state index in [2.05, 4.69) is 31.5 Å². The summed E-state index contributed by atoms with van der Waals surface area (Å²) in [6, 6.07) is 10.6. The number of hydrogen-bond acceptors (Lipinski definition) is 5. The number of amides is 2. The Kier molecular flexibility index (Phi) is 6.29. The van der Waals surface area contributed by atoms with Gasteiger partial charge in [0.15, 0.2) is 0 Å². The van der Waals surface area contributed by atoms with E-state index in [-0.39, 0.29) is 11.8 Å². The summed E-state index contributed by atoms with van der Waals surface area (Å²) in [4.78, 5) is 27.5. The molecule has 2 heterocycles. The fourth-order valence-electron chi connectivity index (χ4n) is 2.67. The van der Waals surface area contributed by atoms with E-state index in [1.807, 2.05) is 30.3 Å². The molecule has 6 nitrogen and oxygen atoms in total. The zero-order chi connectivity index (χ0) is 18.5. The van der Waals surface area contributed by atoms with Gasteiger partial charge in [-0.15, -0.1) is 11.3 Å². The third-order valence-corrected chi connectivity index (χ3v) is 5.67. The quantitative estimate of drug-likeness (QED) is 0.753. The maximum Gasteiger partial charge on any atom is 0.262 e. The van der Waals surface area contributed by atoms with E-state index in [0.29, 0.717) is 18.1 Å². The normalized spacial score (nSPS) is 15.4. The Balaban J connectivity index is 1.64. The fraction of sp³-hybridized carbons (Fsp3) is 0.333. The predicted molar refractivity (Wildman–Crippen MR) is 107 cm³/mol. The van der Waals surface area contributed by atoms with E-state index in [4.69, 9.17) is 4.74 Å². The molecule has 1 aromatic carbocycles. The van der Waals surface area contributed by atoms with Crippen LogP contribution in [0.4, 0.5) is 11.4 Å².